The average Bonchev–Trinajstić information content (AvgIpc) is 2.58. The number of nitrogens with zero attached hydrogens (tertiary/aromatic N) is 2. The molecule has 0 aliphatic carbocycles. The van der Waals surface area contributed by atoms with E-state index in [0.717, 1.165) is 5.92 Å². The highest BCUT2D eigenvalue weighted by atomic mass is 15.0. The van der Waals surface area contributed by atoms with E-state index in [-0.39, 0.29) is 0 Å². The third kappa shape index (κ3) is 1.87. The summed E-state index contributed by atoms with van der Waals surface area (Å²) in [5.74, 6) is 0.777. The standard InChI is InChI=1S/C10H18N2/c1-4-10(5-2)9(3)12-7-6-11-8-12/h6-10H,4-5H2,1-3H3. The molecule has 0 radical (unpaired) electrons. The first-order valence-electron chi connectivity index (χ1n) is 4.77. The smallest absolute Gasteiger partial charge is 0.0948 e. The minimum Gasteiger partial charge on any atom is -0.334 e. The highest BCUT2D eigenvalue weighted by Gasteiger charge is 2.13. The molecule has 1 atom stereocenters. The van der Waals surface area contributed by atoms with Gasteiger partial charge in [-0.15, -0.1) is 0 Å². The van der Waals surface area contributed by atoms with Gasteiger partial charge in [0.15, 0.2) is 0 Å². The monoisotopic (exact) mass is 166 g/mol. The van der Waals surface area contributed by atoms with Crippen LogP contribution in [0.5, 0.6) is 0 Å². The predicted molar refractivity (Wildman–Crippen MR) is 51.0 cm³/mol. The lowest BCUT2D eigenvalue weighted by atomic mass is 9.95. The second-order valence-corrected chi connectivity index (χ2v) is 3.33. The minimum absolute atomic E-state index is 0.586. The molecule has 1 rings (SSSR count). The molecule has 0 amide bonds. The summed E-state index contributed by atoms with van der Waals surface area (Å²) in [6.45, 7) is 6.77. The summed E-state index contributed by atoms with van der Waals surface area (Å²) in [4.78, 5) is 4.06. The summed E-state index contributed by atoms with van der Waals surface area (Å²) in [6, 6.07) is 0.586. The average molecular weight is 166 g/mol. The number of imidazole rings is 1. The van der Waals surface area contributed by atoms with Gasteiger partial charge in [-0.05, 0) is 12.8 Å². The zero-order valence-corrected chi connectivity index (χ0v) is 8.20. The van der Waals surface area contributed by atoms with E-state index in [4.69, 9.17) is 0 Å². The topological polar surface area (TPSA) is 17.8 Å². The van der Waals surface area contributed by atoms with E-state index in [0.29, 0.717) is 6.04 Å². The van der Waals surface area contributed by atoms with Crippen molar-refractivity contribution in [2.24, 2.45) is 5.92 Å². The molecule has 0 aromatic carbocycles. The number of rotatable bonds is 4. The highest BCUT2D eigenvalue weighted by Crippen LogP contribution is 2.23. The fourth-order valence-electron chi connectivity index (χ4n) is 1.72. The molecule has 0 N–H and O–H groups in total. The minimum atomic E-state index is 0.586. The van der Waals surface area contributed by atoms with Crippen LogP contribution in [0, 0.1) is 5.92 Å². The van der Waals surface area contributed by atoms with E-state index in [1.54, 1.807) is 0 Å². The lowest BCUT2D eigenvalue weighted by Gasteiger charge is -2.22. The van der Waals surface area contributed by atoms with Crippen LogP contribution in [-0.4, -0.2) is 9.55 Å². The normalized spacial score (nSPS) is 13.7. The van der Waals surface area contributed by atoms with E-state index >= 15 is 0 Å². The van der Waals surface area contributed by atoms with Crippen molar-refractivity contribution in [3.05, 3.63) is 18.7 Å². The molecule has 0 fully saturated rings. The van der Waals surface area contributed by atoms with Crippen molar-refractivity contribution >= 4 is 0 Å². The molecule has 0 aliphatic heterocycles. The molecule has 0 bridgehead atoms. The zero-order valence-electron chi connectivity index (χ0n) is 8.20. The molecule has 1 unspecified atom stereocenters. The molecule has 12 heavy (non-hydrogen) atoms. The second-order valence-electron chi connectivity index (χ2n) is 3.33. The Morgan fingerprint density at radius 1 is 1.33 bits per heavy atom. The molecular formula is C10H18N2. The third-order valence-electron chi connectivity index (χ3n) is 2.73. The Labute approximate surface area is 74.6 Å². The Hall–Kier alpha value is -0.790. The van der Waals surface area contributed by atoms with E-state index in [1.165, 1.54) is 12.8 Å². The van der Waals surface area contributed by atoms with Crippen molar-refractivity contribution in [3.63, 3.8) is 0 Å². The van der Waals surface area contributed by atoms with Crippen LogP contribution in [0.4, 0.5) is 0 Å². The van der Waals surface area contributed by atoms with Crippen molar-refractivity contribution in [2.45, 2.75) is 39.7 Å². The second kappa shape index (κ2) is 4.29. The molecule has 1 aromatic heterocycles. The molecule has 0 saturated carbocycles. The van der Waals surface area contributed by atoms with Gasteiger partial charge in [0, 0.05) is 18.4 Å². The summed E-state index contributed by atoms with van der Waals surface area (Å²) in [5, 5.41) is 0. The van der Waals surface area contributed by atoms with Gasteiger partial charge in [-0.25, -0.2) is 4.98 Å². The van der Waals surface area contributed by atoms with Gasteiger partial charge in [0.25, 0.3) is 0 Å². The first-order valence-corrected chi connectivity index (χ1v) is 4.77. The van der Waals surface area contributed by atoms with Crippen molar-refractivity contribution in [1.29, 1.82) is 0 Å². The first kappa shape index (κ1) is 9.30. The zero-order chi connectivity index (χ0) is 8.97. The fraction of sp³-hybridized carbons (Fsp3) is 0.700. The van der Waals surface area contributed by atoms with Crippen LogP contribution in [0.3, 0.4) is 0 Å². The Kier molecular flexibility index (Phi) is 3.32. The fourth-order valence-corrected chi connectivity index (χ4v) is 1.72. The quantitative estimate of drug-likeness (QED) is 0.672. The molecule has 1 aromatic rings. The summed E-state index contributed by atoms with van der Waals surface area (Å²) in [5.41, 5.74) is 0. The van der Waals surface area contributed by atoms with Crippen LogP contribution in [0.1, 0.15) is 39.7 Å². The van der Waals surface area contributed by atoms with Gasteiger partial charge in [-0.2, -0.15) is 0 Å². The van der Waals surface area contributed by atoms with Crippen LogP contribution < -0.4 is 0 Å². The van der Waals surface area contributed by atoms with Crippen LogP contribution in [0.15, 0.2) is 18.7 Å². The summed E-state index contributed by atoms with van der Waals surface area (Å²) >= 11 is 0. The maximum atomic E-state index is 4.06. The lowest BCUT2D eigenvalue weighted by Crippen LogP contribution is -2.13. The summed E-state index contributed by atoms with van der Waals surface area (Å²) in [7, 11) is 0. The van der Waals surface area contributed by atoms with E-state index in [1.807, 2.05) is 18.7 Å². The van der Waals surface area contributed by atoms with E-state index in [9.17, 15) is 0 Å². The van der Waals surface area contributed by atoms with Gasteiger partial charge in [-0.3, -0.25) is 0 Å². The summed E-state index contributed by atoms with van der Waals surface area (Å²) in [6.07, 6.45) is 8.29. The van der Waals surface area contributed by atoms with Gasteiger partial charge in [-0.1, -0.05) is 26.7 Å². The van der Waals surface area contributed by atoms with Gasteiger partial charge in [0.2, 0.25) is 0 Å². The number of hydrogen-bond acceptors (Lipinski definition) is 1. The van der Waals surface area contributed by atoms with Crippen molar-refractivity contribution in [3.8, 4) is 0 Å². The molecular weight excluding hydrogens is 148 g/mol. The van der Waals surface area contributed by atoms with Crippen LogP contribution in [0.2, 0.25) is 0 Å². The first-order chi connectivity index (χ1) is 5.79. The van der Waals surface area contributed by atoms with E-state index < -0.39 is 0 Å². The predicted octanol–water partition coefficient (Wildman–Crippen LogP) is 2.88. The van der Waals surface area contributed by atoms with Crippen molar-refractivity contribution in [1.82, 2.24) is 9.55 Å². The molecule has 2 nitrogen and oxygen atoms in total. The lowest BCUT2D eigenvalue weighted by molar-refractivity contribution is 0.333. The summed E-state index contributed by atoms with van der Waals surface area (Å²) < 4.78 is 2.19. The third-order valence-corrected chi connectivity index (χ3v) is 2.73. The molecule has 0 spiro atoms. The van der Waals surface area contributed by atoms with Gasteiger partial charge in [0.1, 0.15) is 0 Å². The Morgan fingerprint density at radius 3 is 2.42 bits per heavy atom. The van der Waals surface area contributed by atoms with Gasteiger partial charge >= 0.3 is 0 Å². The largest absolute Gasteiger partial charge is 0.334 e. The molecule has 0 saturated heterocycles. The number of aromatic nitrogens is 2. The SMILES string of the molecule is CCC(CC)C(C)n1ccnc1. The molecule has 1 heterocycles. The van der Waals surface area contributed by atoms with Gasteiger partial charge < -0.3 is 4.57 Å². The van der Waals surface area contributed by atoms with Crippen LogP contribution in [-0.2, 0) is 0 Å². The van der Waals surface area contributed by atoms with Crippen molar-refractivity contribution in [2.75, 3.05) is 0 Å². The van der Waals surface area contributed by atoms with Crippen LogP contribution in [0.25, 0.3) is 0 Å². The maximum absolute atomic E-state index is 4.06. The van der Waals surface area contributed by atoms with Gasteiger partial charge in [0.05, 0.1) is 6.33 Å². The molecule has 68 valence electrons. The Bertz CT molecular complexity index is 200. The highest BCUT2D eigenvalue weighted by molar-refractivity contribution is 4.81. The molecule has 0 aliphatic rings. The Balaban J connectivity index is 2.63. The number of hydrogen-bond donors (Lipinski definition) is 0. The van der Waals surface area contributed by atoms with E-state index in [2.05, 4.69) is 30.3 Å². The maximum Gasteiger partial charge on any atom is 0.0948 e. The molecule has 2 heteroatoms. The van der Waals surface area contributed by atoms with Crippen LogP contribution >= 0.6 is 0 Å². The van der Waals surface area contributed by atoms with Crippen molar-refractivity contribution < 1.29 is 0 Å². The Morgan fingerprint density at radius 2 is 2.00 bits per heavy atom.